The van der Waals surface area contributed by atoms with Crippen LogP contribution in [0.1, 0.15) is 28.4 Å². The Morgan fingerprint density at radius 1 is 1.16 bits per heavy atom. The summed E-state index contributed by atoms with van der Waals surface area (Å²) in [7, 11) is 0. The lowest BCUT2D eigenvalue weighted by Gasteiger charge is -2.03. The van der Waals surface area contributed by atoms with Crippen LogP contribution in [0, 0.1) is 0 Å². The molecule has 0 aliphatic rings. The average molecular weight is 253 g/mol. The highest BCUT2D eigenvalue weighted by Gasteiger charge is 1.99. The number of rotatable bonds is 5. The third kappa shape index (κ3) is 3.78. The molecule has 0 radical (unpaired) electrons. The summed E-state index contributed by atoms with van der Waals surface area (Å²) in [5, 5.41) is 4.07. The Balaban J connectivity index is 2.00. The van der Waals surface area contributed by atoms with Gasteiger partial charge in [0.2, 0.25) is 0 Å². The van der Waals surface area contributed by atoms with Crippen LogP contribution in [0.3, 0.4) is 0 Å². The van der Waals surface area contributed by atoms with Crippen molar-refractivity contribution in [3.05, 3.63) is 71.3 Å². The summed E-state index contributed by atoms with van der Waals surface area (Å²) in [5.74, 6) is 0. The van der Waals surface area contributed by atoms with Gasteiger partial charge in [-0.05, 0) is 24.1 Å². The van der Waals surface area contributed by atoms with E-state index in [-0.39, 0.29) is 0 Å². The number of oxime groups is 1. The zero-order valence-corrected chi connectivity index (χ0v) is 10.7. The van der Waals surface area contributed by atoms with Gasteiger partial charge in [-0.25, -0.2) is 0 Å². The molecule has 0 aromatic heterocycles. The molecule has 3 nitrogen and oxygen atoms in total. The second-order valence-electron chi connectivity index (χ2n) is 4.18. The molecule has 2 aromatic rings. The van der Waals surface area contributed by atoms with Gasteiger partial charge in [0.15, 0.2) is 0 Å². The monoisotopic (exact) mass is 253 g/mol. The summed E-state index contributed by atoms with van der Waals surface area (Å²) >= 11 is 0. The summed E-state index contributed by atoms with van der Waals surface area (Å²) in [6, 6.07) is 17.1. The minimum Gasteiger partial charge on any atom is -0.391 e. The zero-order valence-electron chi connectivity index (χ0n) is 10.7. The van der Waals surface area contributed by atoms with Gasteiger partial charge in [0.05, 0.1) is 5.71 Å². The molecule has 0 atom stereocenters. The van der Waals surface area contributed by atoms with Gasteiger partial charge in [0.25, 0.3) is 0 Å². The number of hydrogen-bond donors (Lipinski definition) is 0. The number of nitrogens with zero attached hydrogens (tertiary/aromatic N) is 1. The van der Waals surface area contributed by atoms with Gasteiger partial charge < -0.3 is 4.84 Å². The van der Waals surface area contributed by atoms with Crippen LogP contribution in [0.25, 0.3) is 0 Å². The highest BCUT2D eigenvalue weighted by atomic mass is 16.6. The molecule has 96 valence electrons. The molecule has 19 heavy (non-hydrogen) atoms. The van der Waals surface area contributed by atoms with Gasteiger partial charge in [-0.2, -0.15) is 0 Å². The van der Waals surface area contributed by atoms with Crippen molar-refractivity contribution in [1.82, 2.24) is 0 Å². The SMILES string of the molecule is CC(=NOCc1ccccc1)c1cccc(C=O)c1. The molecule has 0 spiro atoms. The molecule has 3 heteroatoms. The minimum atomic E-state index is 0.436. The lowest BCUT2D eigenvalue weighted by molar-refractivity contribution is 0.112. The Labute approximate surface area is 112 Å². The van der Waals surface area contributed by atoms with Crippen LogP contribution < -0.4 is 0 Å². The highest BCUT2D eigenvalue weighted by molar-refractivity contribution is 5.99. The van der Waals surface area contributed by atoms with Crippen molar-refractivity contribution in [2.45, 2.75) is 13.5 Å². The van der Waals surface area contributed by atoms with Crippen molar-refractivity contribution >= 4 is 12.0 Å². The van der Waals surface area contributed by atoms with Gasteiger partial charge >= 0.3 is 0 Å². The molecule has 0 heterocycles. The van der Waals surface area contributed by atoms with E-state index >= 15 is 0 Å². The third-order valence-corrected chi connectivity index (χ3v) is 2.72. The summed E-state index contributed by atoms with van der Waals surface area (Å²) in [4.78, 5) is 16.0. The first-order valence-electron chi connectivity index (χ1n) is 6.05. The van der Waals surface area contributed by atoms with E-state index in [1.165, 1.54) is 0 Å². The molecule has 0 aliphatic heterocycles. The molecule has 0 aliphatic carbocycles. The maximum absolute atomic E-state index is 10.7. The Hall–Kier alpha value is -2.42. The van der Waals surface area contributed by atoms with Gasteiger partial charge in [0.1, 0.15) is 12.9 Å². The fraction of sp³-hybridized carbons (Fsp3) is 0.125. The lowest BCUT2D eigenvalue weighted by atomic mass is 10.1. The van der Waals surface area contributed by atoms with Crippen LogP contribution in [-0.2, 0) is 11.4 Å². The molecule has 0 saturated carbocycles. The van der Waals surface area contributed by atoms with Gasteiger partial charge in [-0.15, -0.1) is 0 Å². The number of hydrogen-bond acceptors (Lipinski definition) is 3. The normalized spacial score (nSPS) is 11.1. The number of carbonyl (C=O) groups is 1. The fourth-order valence-electron chi connectivity index (χ4n) is 1.67. The molecule has 0 saturated heterocycles. The first-order chi connectivity index (χ1) is 9.29. The first kappa shape index (κ1) is 13.0. The number of aldehydes is 1. The quantitative estimate of drug-likeness (QED) is 0.465. The van der Waals surface area contributed by atoms with E-state index in [2.05, 4.69) is 5.16 Å². The molecule has 0 unspecified atom stereocenters. The van der Waals surface area contributed by atoms with E-state index in [1.807, 2.05) is 49.4 Å². The molecule has 2 aromatic carbocycles. The Morgan fingerprint density at radius 2 is 1.95 bits per heavy atom. The van der Waals surface area contributed by atoms with Gasteiger partial charge in [0, 0.05) is 5.56 Å². The first-order valence-corrected chi connectivity index (χ1v) is 6.05. The van der Waals surface area contributed by atoms with Gasteiger partial charge in [-0.1, -0.05) is 53.7 Å². The molecule has 0 fully saturated rings. The van der Waals surface area contributed by atoms with Crippen LogP contribution >= 0.6 is 0 Å². The summed E-state index contributed by atoms with van der Waals surface area (Å²) in [5.41, 5.74) is 3.34. The summed E-state index contributed by atoms with van der Waals surface area (Å²) in [6.45, 7) is 2.29. The van der Waals surface area contributed by atoms with Crippen LogP contribution in [0.4, 0.5) is 0 Å². The minimum absolute atomic E-state index is 0.436. The Bertz CT molecular complexity index is 576. The van der Waals surface area contributed by atoms with E-state index in [0.717, 1.165) is 23.1 Å². The topological polar surface area (TPSA) is 38.7 Å². The number of benzene rings is 2. The molecule has 0 bridgehead atoms. The molecular formula is C16H15NO2. The van der Waals surface area contributed by atoms with E-state index < -0.39 is 0 Å². The third-order valence-electron chi connectivity index (χ3n) is 2.72. The highest BCUT2D eigenvalue weighted by Crippen LogP contribution is 2.06. The average Bonchev–Trinajstić information content (AvgIpc) is 2.48. The summed E-state index contributed by atoms with van der Waals surface area (Å²) in [6.07, 6.45) is 0.821. The second-order valence-corrected chi connectivity index (χ2v) is 4.18. The Morgan fingerprint density at radius 3 is 2.68 bits per heavy atom. The van der Waals surface area contributed by atoms with Crippen molar-refractivity contribution < 1.29 is 9.63 Å². The molecular weight excluding hydrogens is 238 g/mol. The van der Waals surface area contributed by atoms with Crippen molar-refractivity contribution in [1.29, 1.82) is 0 Å². The van der Waals surface area contributed by atoms with E-state index in [1.54, 1.807) is 12.1 Å². The van der Waals surface area contributed by atoms with Crippen LogP contribution in [0.2, 0.25) is 0 Å². The van der Waals surface area contributed by atoms with E-state index in [4.69, 9.17) is 4.84 Å². The predicted octanol–water partition coefficient (Wildman–Crippen LogP) is 3.44. The number of carbonyl (C=O) groups excluding carboxylic acids is 1. The predicted molar refractivity (Wildman–Crippen MR) is 75.3 cm³/mol. The fourth-order valence-corrected chi connectivity index (χ4v) is 1.67. The molecule has 0 N–H and O–H groups in total. The maximum Gasteiger partial charge on any atom is 0.150 e. The van der Waals surface area contributed by atoms with Crippen molar-refractivity contribution in [3.63, 3.8) is 0 Å². The standard InChI is InChI=1S/C16H15NO2/c1-13(16-9-5-8-15(10-16)11-18)17-19-12-14-6-3-2-4-7-14/h2-11H,12H2,1H3. The van der Waals surface area contributed by atoms with Gasteiger partial charge in [-0.3, -0.25) is 4.79 Å². The molecule has 0 amide bonds. The van der Waals surface area contributed by atoms with Crippen molar-refractivity contribution in [3.8, 4) is 0 Å². The molecule has 2 rings (SSSR count). The van der Waals surface area contributed by atoms with E-state index in [9.17, 15) is 4.79 Å². The lowest BCUT2D eigenvalue weighted by Crippen LogP contribution is -1.97. The van der Waals surface area contributed by atoms with Crippen LogP contribution in [0.15, 0.2) is 59.8 Å². The smallest absolute Gasteiger partial charge is 0.150 e. The second kappa shape index (κ2) is 6.50. The maximum atomic E-state index is 10.7. The largest absolute Gasteiger partial charge is 0.391 e. The van der Waals surface area contributed by atoms with Crippen LogP contribution in [-0.4, -0.2) is 12.0 Å². The van der Waals surface area contributed by atoms with E-state index in [0.29, 0.717) is 12.2 Å². The Kier molecular flexibility index (Phi) is 4.45. The van der Waals surface area contributed by atoms with Crippen molar-refractivity contribution in [2.75, 3.05) is 0 Å². The van der Waals surface area contributed by atoms with Crippen molar-refractivity contribution in [2.24, 2.45) is 5.16 Å². The summed E-state index contributed by atoms with van der Waals surface area (Å²) < 4.78 is 0. The van der Waals surface area contributed by atoms with Crippen LogP contribution in [0.5, 0.6) is 0 Å². The zero-order chi connectivity index (χ0) is 13.5.